The Morgan fingerprint density at radius 3 is 2.67 bits per heavy atom. The number of nitro benzene ring substituents is 1. The summed E-state index contributed by atoms with van der Waals surface area (Å²) < 4.78 is 0. The van der Waals surface area contributed by atoms with Crippen LogP contribution in [0.5, 0.6) is 0 Å². The number of non-ortho nitro benzene ring substituents is 1. The summed E-state index contributed by atoms with van der Waals surface area (Å²) in [7, 11) is 1.65. The highest BCUT2D eigenvalue weighted by Gasteiger charge is 2.23. The first-order valence-electron chi connectivity index (χ1n) is 6.56. The van der Waals surface area contributed by atoms with Crippen molar-refractivity contribution in [2.24, 2.45) is 0 Å². The fourth-order valence-electron chi connectivity index (χ4n) is 1.96. The van der Waals surface area contributed by atoms with Crippen LogP contribution < -0.4 is 5.32 Å². The molecule has 7 heteroatoms. The molecule has 1 aromatic rings. The molecule has 0 saturated carbocycles. The van der Waals surface area contributed by atoms with Gasteiger partial charge < -0.3 is 10.2 Å². The van der Waals surface area contributed by atoms with E-state index < -0.39 is 4.92 Å². The molecule has 7 nitrogen and oxygen atoms in total. The van der Waals surface area contributed by atoms with Crippen molar-refractivity contribution in [3.05, 3.63) is 33.9 Å². The molecule has 0 saturated heterocycles. The van der Waals surface area contributed by atoms with E-state index in [0.717, 1.165) is 0 Å². The molecule has 0 bridgehead atoms. The van der Waals surface area contributed by atoms with Crippen LogP contribution in [-0.4, -0.2) is 35.4 Å². The molecule has 1 N–H and O–H groups in total. The van der Waals surface area contributed by atoms with Gasteiger partial charge in [-0.2, -0.15) is 5.26 Å². The predicted molar refractivity (Wildman–Crippen MR) is 79.0 cm³/mol. The Labute approximate surface area is 123 Å². The van der Waals surface area contributed by atoms with E-state index in [1.807, 2.05) is 19.9 Å². The molecule has 21 heavy (non-hydrogen) atoms. The maximum absolute atomic E-state index is 12.6. The lowest BCUT2D eigenvalue weighted by molar-refractivity contribution is -0.384. The zero-order valence-electron chi connectivity index (χ0n) is 12.3. The van der Waals surface area contributed by atoms with Gasteiger partial charge in [-0.1, -0.05) is 0 Å². The van der Waals surface area contributed by atoms with Gasteiger partial charge in [-0.15, -0.1) is 0 Å². The number of amides is 1. The lowest BCUT2D eigenvalue weighted by atomic mass is 10.1. The van der Waals surface area contributed by atoms with E-state index in [1.54, 1.807) is 7.05 Å². The Bertz CT molecular complexity index is 578. The molecule has 0 aliphatic carbocycles. The first kappa shape index (κ1) is 16.4. The van der Waals surface area contributed by atoms with Gasteiger partial charge in [-0.05, 0) is 19.9 Å². The third-order valence-electron chi connectivity index (χ3n) is 3.06. The number of rotatable bonds is 6. The molecular weight excluding hydrogens is 272 g/mol. The third-order valence-corrected chi connectivity index (χ3v) is 3.06. The van der Waals surface area contributed by atoms with Crippen LogP contribution in [0.15, 0.2) is 18.2 Å². The minimum absolute atomic E-state index is 0.102. The summed E-state index contributed by atoms with van der Waals surface area (Å²) in [5.41, 5.74) is 0.618. The second-order valence-electron chi connectivity index (χ2n) is 4.74. The molecule has 0 heterocycles. The summed E-state index contributed by atoms with van der Waals surface area (Å²) in [5, 5.41) is 22.4. The van der Waals surface area contributed by atoms with Crippen LogP contribution in [0.1, 0.15) is 30.6 Å². The van der Waals surface area contributed by atoms with Gasteiger partial charge in [0.25, 0.3) is 11.6 Å². The first-order valence-corrected chi connectivity index (χ1v) is 6.56. The fourth-order valence-corrected chi connectivity index (χ4v) is 1.96. The highest BCUT2D eigenvalue weighted by Crippen LogP contribution is 2.24. The first-order chi connectivity index (χ1) is 9.92. The molecular formula is C14H18N4O3. The number of nitro groups is 1. The quantitative estimate of drug-likeness (QED) is 0.640. The van der Waals surface area contributed by atoms with E-state index in [2.05, 4.69) is 5.32 Å². The zero-order valence-corrected chi connectivity index (χ0v) is 12.3. The molecule has 0 spiro atoms. The number of carbonyl (C=O) groups is 1. The summed E-state index contributed by atoms with van der Waals surface area (Å²) >= 11 is 0. The van der Waals surface area contributed by atoms with Crippen LogP contribution in [0.3, 0.4) is 0 Å². The minimum atomic E-state index is -0.536. The van der Waals surface area contributed by atoms with E-state index in [0.29, 0.717) is 12.2 Å². The standard InChI is InChI=1S/C14H18N4O3/c1-10(2)17(8-4-7-15)14(19)12-9-11(18(20)21)5-6-13(12)16-3/h5-6,9-10,16H,4,8H2,1-3H3. The van der Waals surface area contributed by atoms with Crippen molar-refractivity contribution in [1.29, 1.82) is 5.26 Å². The Kier molecular flexibility index (Phi) is 5.67. The summed E-state index contributed by atoms with van der Waals surface area (Å²) in [6.07, 6.45) is 0.216. The molecule has 0 aromatic heterocycles. The number of nitrogens with zero attached hydrogens (tertiary/aromatic N) is 3. The van der Waals surface area contributed by atoms with Crippen molar-refractivity contribution in [3.8, 4) is 6.07 Å². The Balaban J connectivity index is 3.22. The third kappa shape index (κ3) is 3.92. The lowest BCUT2D eigenvalue weighted by Gasteiger charge is -2.26. The van der Waals surface area contributed by atoms with E-state index >= 15 is 0 Å². The number of carbonyl (C=O) groups excluding carboxylic acids is 1. The van der Waals surface area contributed by atoms with Gasteiger partial charge in [0.2, 0.25) is 0 Å². The second kappa shape index (κ2) is 7.24. The van der Waals surface area contributed by atoms with Crippen molar-refractivity contribution in [1.82, 2.24) is 4.90 Å². The van der Waals surface area contributed by atoms with Crippen LogP contribution in [0, 0.1) is 21.4 Å². The average Bonchev–Trinajstić information content (AvgIpc) is 2.46. The van der Waals surface area contributed by atoms with E-state index in [-0.39, 0.29) is 29.6 Å². The Hall–Kier alpha value is -2.62. The van der Waals surface area contributed by atoms with Crippen molar-refractivity contribution in [2.75, 3.05) is 18.9 Å². The van der Waals surface area contributed by atoms with Crippen LogP contribution in [0.25, 0.3) is 0 Å². The smallest absolute Gasteiger partial charge is 0.270 e. The number of hydrogen-bond donors (Lipinski definition) is 1. The van der Waals surface area contributed by atoms with Gasteiger partial charge in [0.1, 0.15) is 0 Å². The molecule has 0 aliphatic rings. The van der Waals surface area contributed by atoms with Crippen molar-refractivity contribution in [3.63, 3.8) is 0 Å². The van der Waals surface area contributed by atoms with Gasteiger partial charge in [-0.3, -0.25) is 14.9 Å². The molecule has 0 aliphatic heterocycles. The summed E-state index contributed by atoms with van der Waals surface area (Å²) in [6.45, 7) is 3.97. The molecule has 0 atom stereocenters. The molecule has 0 unspecified atom stereocenters. The van der Waals surface area contributed by atoms with Crippen LogP contribution in [0.2, 0.25) is 0 Å². The summed E-state index contributed by atoms with van der Waals surface area (Å²) in [5.74, 6) is -0.326. The molecule has 0 fully saturated rings. The zero-order chi connectivity index (χ0) is 16.0. The van der Waals surface area contributed by atoms with Gasteiger partial charge in [0, 0.05) is 37.5 Å². The van der Waals surface area contributed by atoms with E-state index in [9.17, 15) is 14.9 Å². The number of anilines is 1. The van der Waals surface area contributed by atoms with Gasteiger partial charge >= 0.3 is 0 Å². The average molecular weight is 290 g/mol. The Morgan fingerprint density at radius 1 is 1.52 bits per heavy atom. The molecule has 1 amide bonds. The Morgan fingerprint density at radius 2 is 2.19 bits per heavy atom. The SMILES string of the molecule is CNc1ccc([N+](=O)[O-])cc1C(=O)N(CCC#N)C(C)C. The van der Waals surface area contributed by atoms with Crippen LogP contribution in [-0.2, 0) is 0 Å². The second-order valence-corrected chi connectivity index (χ2v) is 4.74. The number of nitrogens with one attached hydrogen (secondary N) is 1. The minimum Gasteiger partial charge on any atom is -0.387 e. The fraction of sp³-hybridized carbons (Fsp3) is 0.429. The van der Waals surface area contributed by atoms with Crippen molar-refractivity contribution >= 4 is 17.3 Å². The highest BCUT2D eigenvalue weighted by atomic mass is 16.6. The molecule has 0 radical (unpaired) electrons. The maximum Gasteiger partial charge on any atom is 0.270 e. The van der Waals surface area contributed by atoms with Crippen molar-refractivity contribution in [2.45, 2.75) is 26.3 Å². The van der Waals surface area contributed by atoms with E-state index in [4.69, 9.17) is 5.26 Å². The number of nitriles is 1. The number of benzene rings is 1. The molecule has 1 rings (SSSR count). The monoisotopic (exact) mass is 290 g/mol. The van der Waals surface area contributed by atoms with Crippen LogP contribution >= 0.6 is 0 Å². The largest absolute Gasteiger partial charge is 0.387 e. The van der Waals surface area contributed by atoms with Crippen LogP contribution in [0.4, 0.5) is 11.4 Å². The van der Waals surface area contributed by atoms with Gasteiger partial charge in [0.05, 0.1) is 23.0 Å². The van der Waals surface area contributed by atoms with Gasteiger partial charge in [0.15, 0.2) is 0 Å². The maximum atomic E-state index is 12.6. The topological polar surface area (TPSA) is 99.3 Å². The highest BCUT2D eigenvalue weighted by molar-refractivity contribution is 6.00. The summed E-state index contributed by atoms with van der Waals surface area (Å²) in [4.78, 5) is 24.5. The molecule has 1 aromatic carbocycles. The van der Waals surface area contributed by atoms with E-state index in [1.165, 1.54) is 23.1 Å². The van der Waals surface area contributed by atoms with Gasteiger partial charge in [-0.25, -0.2) is 0 Å². The lowest BCUT2D eigenvalue weighted by Crippen LogP contribution is -2.38. The predicted octanol–water partition coefficient (Wildman–Crippen LogP) is 2.40. The summed E-state index contributed by atoms with van der Waals surface area (Å²) in [6, 6.07) is 6.01. The van der Waals surface area contributed by atoms with Crippen molar-refractivity contribution < 1.29 is 9.72 Å². The number of hydrogen-bond acceptors (Lipinski definition) is 5. The normalized spacial score (nSPS) is 10.0. The molecule has 112 valence electrons.